The summed E-state index contributed by atoms with van der Waals surface area (Å²) in [6.45, 7) is 0. The highest BCUT2D eigenvalue weighted by atomic mass is 16.4. The fraction of sp³-hybridized carbons (Fsp3) is 0.444. The van der Waals surface area contributed by atoms with Crippen LogP contribution in [0.25, 0.3) is 0 Å². The number of hydrogen-bond acceptors (Lipinski definition) is 8. The van der Waals surface area contributed by atoms with Gasteiger partial charge in [0.15, 0.2) is 0 Å². The van der Waals surface area contributed by atoms with E-state index in [-0.39, 0.29) is 18.4 Å². The van der Waals surface area contributed by atoms with Gasteiger partial charge in [-0.2, -0.15) is 0 Å². The largest absolute Gasteiger partial charge is 0.550 e. The molecule has 3 aliphatic rings. The maximum Gasteiger partial charge on any atom is 0.0461 e. The van der Waals surface area contributed by atoms with E-state index in [1.54, 1.807) is 6.07 Å². The minimum absolute atomic E-state index is 0.0136. The van der Waals surface area contributed by atoms with E-state index in [4.69, 9.17) is 0 Å². The molecule has 0 N–H and O–H groups in total. The minimum atomic E-state index is -1.80. The van der Waals surface area contributed by atoms with Gasteiger partial charge in [0, 0.05) is 53.0 Å². The molecule has 4 atom stereocenters. The molecule has 1 aromatic rings. The lowest BCUT2D eigenvalue weighted by Crippen LogP contribution is -2.72. The van der Waals surface area contributed by atoms with E-state index < -0.39 is 58.9 Å². The van der Waals surface area contributed by atoms with Crippen molar-refractivity contribution in [3.05, 3.63) is 35.9 Å². The third-order valence-electron chi connectivity index (χ3n) is 6.01. The summed E-state index contributed by atoms with van der Waals surface area (Å²) < 4.78 is 0. The highest BCUT2D eigenvalue weighted by molar-refractivity contribution is 5.88. The monoisotopic (exact) mass is 358 g/mol. The molecule has 0 amide bonds. The van der Waals surface area contributed by atoms with Gasteiger partial charge in [-0.05, 0) is 24.3 Å². The van der Waals surface area contributed by atoms with Gasteiger partial charge >= 0.3 is 0 Å². The first-order valence-corrected chi connectivity index (χ1v) is 8.12. The summed E-state index contributed by atoms with van der Waals surface area (Å²) >= 11 is 0. The molecule has 1 aromatic carbocycles. The Morgan fingerprint density at radius 1 is 0.769 bits per heavy atom. The number of fused-ring (bicyclic) bond motifs is 3. The molecule has 0 aliphatic heterocycles. The Kier molecular flexibility index (Phi) is 4.21. The van der Waals surface area contributed by atoms with Crippen LogP contribution >= 0.6 is 0 Å². The molecule has 0 heterocycles. The van der Waals surface area contributed by atoms with Crippen LogP contribution in [-0.4, -0.2) is 23.9 Å². The maximum absolute atomic E-state index is 11.9. The molecular weight excluding hydrogens is 344 g/mol. The van der Waals surface area contributed by atoms with Crippen LogP contribution in [0.1, 0.15) is 18.4 Å². The van der Waals surface area contributed by atoms with Crippen molar-refractivity contribution in [3.63, 3.8) is 0 Å². The van der Waals surface area contributed by atoms with Gasteiger partial charge in [0.2, 0.25) is 0 Å². The van der Waals surface area contributed by atoms with Crippen molar-refractivity contribution >= 4 is 23.9 Å². The molecule has 0 saturated heterocycles. The van der Waals surface area contributed by atoms with Crippen LogP contribution in [0, 0.1) is 29.6 Å². The van der Waals surface area contributed by atoms with Crippen LogP contribution in [0.5, 0.6) is 0 Å². The van der Waals surface area contributed by atoms with Gasteiger partial charge in [0.25, 0.3) is 0 Å². The van der Waals surface area contributed by atoms with Crippen molar-refractivity contribution < 1.29 is 39.6 Å². The molecular formula is C18H14O8-4. The summed E-state index contributed by atoms with van der Waals surface area (Å²) in [6, 6.07) is 7.59. The molecule has 2 bridgehead atoms. The Bertz CT molecular complexity index is 731. The maximum atomic E-state index is 11.9. The second kappa shape index (κ2) is 6.12. The smallest absolute Gasteiger partial charge is 0.0461 e. The van der Waals surface area contributed by atoms with Crippen LogP contribution in [0.3, 0.4) is 0 Å². The van der Waals surface area contributed by atoms with E-state index in [0.717, 1.165) is 0 Å². The predicted molar refractivity (Wildman–Crippen MR) is 74.8 cm³/mol. The number of benzene rings is 1. The molecule has 26 heavy (non-hydrogen) atoms. The molecule has 3 fully saturated rings. The lowest BCUT2D eigenvalue weighted by atomic mass is 9.41. The Morgan fingerprint density at radius 2 is 1.23 bits per heavy atom. The summed E-state index contributed by atoms with van der Waals surface area (Å²) in [6.07, 6.45) is -0.00766. The number of carbonyl (C=O) groups is 4. The number of carboxylic acids is 4. The van der Waals surface area contributed by atoms with Gasteiger partial charge in [-0.15, -0.1) is 0 Å². The first kappa shape index (κ1) is 17.9. The third-order valence-corrected chi connectivity index (χ3v) is 6.01. The van der Waals surface area contributed by atoms with E-state index >= 15 is 0 Å². The molecule has 0 unspecified atom stereocenters. The van der Waals surface area contributed by atoms with Gasteiger partial charge in [0.05, 0.1) is 0 Å². The molecule has 0 aromatic heterocycles. The van der Waals surface area contributed by atoms with Gasteiger partial charge in [-0.3, -0.25) is 0 Å². The molecule has 4 rings (SSSR count). The zero-order valence-electron chi connectivity index (χ0n) is 13.5. The first-order chi connectivity index (χ1) is 12.2. The normalized spacial score (nSPS) is 35.6. The van der Waals surface area contributed by atoms with Crippen LogP contribution in [0.15, 0.2) is 30.3 Å². The molecule has 3 saturated carbocycles. The Morgan fingerprint density at radius 3 is 1.62 bits per heavy atom. The standard InChI is InChI=1S/C18H18O8/c19-14(20)10-9-6-7-18(12(10)16(23)24,8-4-2-1-3-5-8)13(17(25)26)11(9)15(21)22/h1-5,9-13H,6-7H2,(H,19,20)(H,21,22)(H,23,24)(H,25,26)/p-4/t9?,10-,11-,12+,13+,18?/m0/s1. The summed E-state index contributed by atoms with van der Waals surface area (Å²) in [7, 11) is 0. The average Bonchev–Trinajstić information content (AvgIpc) is 2.60. The fourth-order valence-corrected chi connectivity index (χ4v) is 5.22. The topological polar surface area (TPSA) is 161 Å². The fourth-order valence-electron chi connectivity index (χ4n) is 5.22. The second-order valence-corrected chi connectivity index (χ2v) is 6.89. The number of carboxylic acid groups (broad SMARTS) is 4. The van der Waals surface area contributed by atoms with Crippen molar-refractivity contribution in [3.8, 4) is 0 Å². The highest BCUT2D eigenvalue weighted by Gasteiger charge is 2.64. The van der Waals surface area contributed by atoms with Gasteiger partial charge in [0.1, 0.15) is 0 Å². The van der Waals surface area contributed by atoms with Crippen molar-refractivity contribution in [2.75, 3.05) is 0 Å². The SMILES string of the molecule is O=C([O-])[C@H]1C2CCC(c3ccccc3)([C@H]1C(=O)[O-])[C@@H](C(=O)[O-])[C@H]2C(=O)[O-]. The number of hydrogen-bond donors (Lipinski definition) is 0. The van der Waals surface area contributed by atoms with Crippen LogP contribution < -0.4 is 20.4 Å². The molecule has 3 aliphatic carbocycles. The van der Waals surface area contributed by atoms with Crippen LogP contribution in [0.2, 0.25) is 0 Å². The summed E-state index contributed by atoms with van der Waals surface area (Å²) in [5.41, 5.74) is -1.58. The van der Waals surface area contributed by atoms with Gasteiger partial charge in [-0.25, -0.2) is 0 Å². The summed E-state index contributed by atoms with van der Waals surface area (Å²) in [4.78, 5) is 47.2. The van der Waals surface area contributed by atoms with E-state index in [1.807, 2.05) is 0 Å². The lowest BCUT2D eigenvalue weighted by molar-refractivity contribution is -0.356. The zero-order valence-corrected chi connectivity index (χ0v) is 13.5. The zero-order chi connectivity index (χ0) is 19.2. The minimum Gasteiger partial charge on any atom is -0.550 e. The summed E-state index contributed by atoms with van der Waals surface area (Å²) in [5, 5.41) is 47.2. The van der Waals surface area contributed by atoms with E-state index in [9.17, 15) is 39.6 Å². The predicted octanol–water partition coefficient (Wildman–Crippen LogP) is -4.19. The highest BCUT2D eigenvalue weighted by Crippen LogP contribution is 2.62. The number of rotatable bonds is 5. The van der Waals surface area contributed by atoms with Crippen molar-refractivity contribution in [1.29, 1.82) is 0 Å². The average molecular weight is 358 g/mol. The van der Waals surface area contributed by atoms with E-state index in [1.165, 1.54) is 24.3 Å². The van der Waals surface area contributed by atoms with Gasteiger partial charge < -0.3 is 39.6 Å². The van der Waals surface area contributed by atoms with Gasteiger partial charge in [-0.1, -0.05) is 30.3 Å². The van der Waals surface area contributed by atoms with E-state index in [0.29, 0.717) is 0 Å². The first-order valence-electron chi connectivity index (χ1n) is 8.12. The molecule has 0 radical (unpaired) electrons. The summed E-state index contributed by atoms with van der Waals surface area (Å²) in [5.74, 6) is -15.2. The van der Waals surface area contributed by atoms with Crippen molar-refractivity contribution in [2.24, 2.45) is 29.6 Å². The van der Waals surface area contributed by atoms with Crippen molar-refractivity contribution in [1.82, 2.24) is 0 Å². The van der Waals surface area contributed by atoms with E-state index in [2.05, 4.69) is 0 Å². The Labute approximate surface area is 148 Å². The lowest BCUT2D eigenvalue weighted by Gasteiger charge is -2.64. The Balaban J connectivity index is 2.34. The number of carbonyl (C=O) groups excluding carboxylic acids is 4. The van der Waals surface area contributed by atoms with Crippen molar-refractivity contribution in [2.45, 2.75) is 18.3 Å². The second-order valence-electron chi connectivity index (χ2n) is 6.89. The molecule has 8 nitrogen and oxygen atoms in total. The third kappa shape index (κ3) is 2.28. The number of aliphatic carboxylic acids is 4. The molecule has 0 spiro atoms. The van der Waals surface area contributed by atoms with Crippen LogP contribution in [0.4, 0.5) is 0 Å². The molecule has 138 valence electrons. The van der Waals surface area contributed by atoms with Crippen LogP contribution in [-0.2, 0) is 24.6 Å². The Hall–Kier alpha value is -2.90. The molecule has 8 heteroatoms. The quantitative estimate of drug-likeness (QED) is 0.512.